The number of benzene rings is 3. The predicted molar refractivity (Wildman–Crippen MR) is 119 cm³/mol. The molecule has 0 atom stereocenters. The fourth-order valence-corrected chi connectivity index (χ4v) is 4.17. The molecule has 7 nitrogen and oxygen atoms in total. The number of nitrogens with one attached hydrogen (secondary N) is 2. The molecule has 0 radical (unpaired) electrons. The number of hydrogen-bond donors (Lipinski definition) is 3. The topological polar surface area (TPSA) is 113 Å². The van der Waals surface area contributed by atoms with Gasteiger partial charge in [-0.3, -0.25) is 9.52 Å². The third-order valence-corrected chi connectivity index (χ3v) is 6.13. The van der Waals surface area contributed by atoms with Crippen molar-refractivity contribution in [3.8, 4) is 0 Å². The molecule has 31 heavy (non-hydrogen) atoms. The van der Waals surface area contributed by atoms with Crippen LogP contribution in [0.2, 0.25) is 0 Å². The lowest BCUT2D eigenvalue weighted by Crippen LogP contribution is -2.20. The number of aryl methyl sites for hydroxylation is 2. The van der Waals surface area contributed by atoms with Gasteiger partial charge in [0.05, 0.1) is 27.4 Å². The van der Waals surface area contributed by atoms with E-state index in [1.54, 1.807) is 36.4 Å². The number of aromatic carboxylic acids is 1. The molecule has 8 heteroatoms. The molecule has 0 saturated heterocycles. The van der Waals surface area contributed by atoms with Gasteiger partial charge in [-0.25, -0.2) is 13.2 Å². The van der Waals surface area contributed by atoms with Gasteiger partial charge in [0, 0.05) is 0 Å². The summed E-state index contributed by atoms with van der Waals surface area (Å²) in [7, 11) is -3.92. The number of sulfonamides is 1. The SMILES string of the molecule is CCc1cccc(C(=O)O)c1NC(=O)c1ccccc1NS(=O)(=O)c1ccc(C)cc1. The number of carbonyl (C=O) groups is 2. The second-order valence-corrected chi connectivity index (χ2v) is 8.60. The summed E-state index contributed by atoms with van der Waals surface area (Å²) in [6.45, 7) is 3.70. The Balaban J connectivity index is 1.95. The summed E-state index contributed by atoms with van der Waals surface area (Å²) in [5.74, 6) is -1.79. The maximum atomic E-state index is 13.0. The van der Waals surface area contributed by atoms with E-state index < -0.39 is 21.9 Å². The molecule has 0 unspecified atom stereocenters. The molecule has 0 aliphatic heterocycles. The molecule has 1 amide bonds. The third kappa shape index (κ3) is 4.92. The second kappa shape index (κ2) is 9.01. The first-order chi connectivity index (χ1) is 14.7. The van der Waals surface area contributed by atoms with Crippen LogP contribution >= 0.6 is 0 Å². The molecule has 160 valence electrons. The molecule has 0 bridgehead atoms. The van der Waals surface area contributed by atoms with Gasteiger partial charge in [-0.05, 0) is 49.2 Å². The lowest BCUT2D eigenvalue weighted by Gasteiger charge is -2.16. The molecule has 0 spiro atoms. The van der Waals surface area contributed by atoms with Gasteiger partial charge >= 0.3 is 5.97 Å². The van der Waals surface area contributed by atoms with Gasteiger partial charge in [-0.15, -0.1) is 0 Å². The highest BCUT2D eigenvalue weighted by molar-refractivity contribution is 7.92. The Morgan fingerprint density at radius 3 is 2.19 bits per heavy atom. The Labute approximate surface area is 180 Å². The molecule has 0 aliphatic rings. The number of rotatable bonds is 7. The average molecular weight is 439 g/mol. The van der Waals surface area contributed by atoms with Crippen molar-refractivity contribution in [2.45, 2.75) is 25.2 Å². The van der Waals surface area contributed by atoms with Crippen LogP contribution in [-0.2, 0) is 16.4 Å². The first kappa shape index (κ1) is 22.0. The minimum Gasteiger partial charge on any atom is -0.478 e. The van der Waals surface area contributed by atoms with Gasteiger partial charge in [-0.2, -0.15) is 0 Å². The van der Waals surface area contributed by atoms with E-state index in [-0.39, 0.29) is 27.4 Å². The van der Waals surface area contributed by atoms with E-state index >= 15 is 0 Å². The fraction of sp³-hybridized carbons (Fsp3) is 0.130. The summed E-state index contributed by atoms with van der Waals surface area (Å²) < 4.78 is 28.0. The maximum Gasteiger partial charge on any atom is 0.337 e. The van der Waals surface area contributed by atoms with Crippen LogP contribution in [0, 0.1) is 6.92 Å². The molecule has 3 rings (SSSR count). The van der Waals surface area contributed by atoms with Gasteiger partial charge in [0.1, 0.15) is 0 Å². The van der Waals surface area contributed by atoms with Gasteiger partial charge in [0.15, 0.2) is 0 Å². The van der Waals surface area contributed by atoms with Gasteiger partial charge in [0.25, 0.3) is 15.9 Å². The van der Waals surface area contributed by atoms with Crippen molar-refractivity contribution in [1.82, 2.24) is 0 Å². The minimum absolute atomic E-state index is 0.0367. The van der Waals surface area contributed by atoms with E-state index in [1.165, 1.54) is 30.3 Å². The second-order valence-electron chi connectivity index (χ2n) is 6.92. The summed E-state index contributed by atoms with van der Waals surface area (Å²) in [6.07, 6.45) is 0.512. The number of para-hydroxylation sites is 2. The Morgan fingerprint density at radius 2 is 1.55 bits per heavy atom. The summed E-state index contributed by atoms with van der Waals surface area (Å²) in [6, 6.07) is 17.2. The lowest BCUT2D eigenvalue weighted by molar-refractivity contribution is 0.0698. The summed E-state index contributed by atoms with van der Waals surface area (Å²) in [5, 5.41) is 12.1. The first-order valence-electron chi connectivity index (χ1n) is 9.58. The molecule has 0 saturated carbocycles. The number of carboxylic acid groups (broad SMARTS) is 1. The Hall–Kier alpha value is -3.65. The molecule has 3 N–H and O–H groups in total. The quantitative estimate of drug-likeness (QED) is 0.509. The Kier molecular flexibility index (Phi) is 6.41. The highest BCUT2D eigenvalue weighted by Crippen LogP contribution is 2.25. The van der Waals surface area contributed by atoms with Crippen molar-refractivity contribution < 1.29 is 23.1 Å². The van der Waals surface area contributed by atoms with Gasteiger partial charge < -0.3 is 10.4 Å². The van der Waals surface area contributed by atoms with Crippen LogP contribution in [0.1, 0.15) is 38.8 Å². The van der Waals surface area contributed by atoms with Crippen molar-refractivity contribution in [2.24, 2.45) is 0 Å². The molecule has 3 aromatic carbocycles. The van der Waals surface area contributed by atoms with Crippen molar-refractivity contribution in [3.05, 3.63) is 89.0 Å². The fourth-order valence-electron chi connectivity index (χ4n) is 3.09. The Morgan fingerprint density at radius 1 is 0.903 bits per heavy atom. The largest absolute Gasteiger partial charge is 0.478 e. The highest BCUT2D eigenvalue weighted by Gasteiger charge is 2.21. The van der Waals surface area contributed by atoms with E-state index in [4.69, 9.17) is 0 Å². The normalized spacial score (nSPS) is 11.0. The molecule has 3 aromatic rings. The molecule has 0 aliphatic carbocycles. The van der Waals surface area contributed by atoms with Crippen molar-refractivity contribution in [3.63, 3.8) is 0 Å². The van der Waals surface area contributed by atoms with Crippen LogP contribution in [0.15, 0.2) is 71.6 Å². The molecular weight excluding hydrogens is 416 g/mol. The highest BCUT2D eigenvalue weighted by atomic mass is 32.2. The number of hydrogen-bond acceptors (Lipinski definition) is 4. The zero-order chi connectivity index (χ0) is 22.6. The lowest BCUT2D eigenvalue weighted by atomic mass is 10.0. The molecule has 0 heterocycles. The first-order valence-corrected chi connectivity index (χ1v) is 11.1. The summed E-state index contributed by atoms with van der Waals surface area (Å²) >= 11 is 0. The van der Waals surface area contributed by atoms with Crippen LogP contribution < -0.4 is 10.0 Å². The van der Waals surface area contributed by atoms with Crippen LogP contribution in [0.3, 0.4) is 0 Å². The number of anilines is 2. The smallest absolute Gasteiger partial charge is 0.337 e. The van der Waals surface area contributed by atoms with Crippen molar-refractivity contribution >= 4 is 33.3 Å². The number of carboxylic acids is 1. The number of amides is 1. The monoisotopic (exact) mass is 438 g/mol. The average Bonchev–Trinajstić information content (AvgIpc) is 2.74. The maximum absolute atomic E-state index is 13.0. The van der Waals surface area contributed by atoms with Crippen LogP contribution in [0.5, 0.6) is 0 Å². The zero-order valence-electron chi connectivity index (χ0n) is 17.0. The minimum atomic E-state index is -3.92. The van der Waals surface area contributed by atoms with Crippen molar-refractivity contribution in [2.75, 3.05) is 10.0 Å². The van der Waals surface area contributed by atoms with E-state index in [0.717, 1.165) is 5.56 Å². The summed E-state index contributed by atoms with van der Waals surface area (Å²) in [4.78, 5) is 24.7. The third-order valence-electron chi connectivity index (χ3n) is 4.75. The van der Waals surface area contributed by atoms with E-state index in [0.29, 0.717) is 12.0 Å². The standard InChI is InChI=1S/C23H22N2O5S/c1-3-16-7-6-9-19(23(27)28)21(16)24-22(26)18-8-4-5-10-20(18)25-31(29,30)17-13-11-15(2)12-14-17/h4-14,25H,3H2,1-2H3,(H,24,26)(H,27,28). The van der Waals surface area contributed by atoms with E-state index in [1.807, 2.05) is 13.8 Å². The van der Waals surface area contributed by atoms with Crippen molar-refractivity contribution in [1.29, 1.82) is 0 Å². The van der Waals surface area contributed by atoms with Gasteiger partial charge in [-0.1, -0.05) is 48.9 Å². The van der Waals surface area contributed by atoms with Crippen LogP contribution in [0.25, 0.3) is 0 Å². The zero-order valence-corrected chi connectivity index (χ0v) is 17.9. The summed E-state index contributed by atoms with van der Waals surface area (Å²) in [5.41, 5.74) is 1.89. The molecular formula is C23H22N2O5S. The molecule has 0 fully saturated rings. The Bertz CT molecular complexity index is 1240. The number of carbonyl (C=O) groups excluding carboxylic acids is 1. The van der Waals surface area contributed by atoms with Gasteiger partial charge in [0.2, 0.25) is 0 Å². The van der Waals surface area contributed by atoms with E-state index in [2.05, 4.69) is 10.0 Å². The van der Waals surface area contributed by atoms with E-state index in [9.17, 15) is 23.1 Å². The van der Waals surface area contributed by atoms with Crippen LogP contribution in [-0.4, -0.2) is 25.4 Å². The van der Waals surface area contributed by atoms with Crippen LogP contribution in [0.4, 0.5) is 11.4 Å². The molecule has 0 aromatic heterocycles. The predicted octanol–water partition coefficient (Wildman–Crippen LogP) is 4.31.